The Bertz CT molecular complexity index is 620. The van der Waals surface area contributed by atoms with E-state index in [-0.39, 0.29) is 20.8 Å². The van der Waals surface area contributed by atoms with Gasteiger partial charge in [-0.2, -0.15) is 0 Å². The highest BCUT2D eigenvalue weighted by molar-refractivity contribution is 9.10. The Morgan fingerprint density at radius 1 is 1.37 bits per heavy atom. The largest absolute Gasteiger partial charge is 0.392 e. The molecule has 1 aromatic rings. The summed E-state index contributed by atoms with van der Waals surface area (Å²) in [6.07, 6.45) is 0. The van der Waals surface area contributed by atoms with E-state index in [9.17, 15) is 18.5 Å². The van der Waals surface area contributed by atoms with Gasteiger partial charge in [0.05, 0.1) is 15.6 Å². The molecule has 0 unspecified atom stereocenters. The van der Waals surface area contributed by atoms with Crippen molar-refractivity contribution in [1.29, 1.82) is 0 Å². The van der Waals surface area contributed by atoms with Crippen LogP contribution in [-0.2, 0) is 9.84 Å². The van der Waals surface area contributed by atoms with Crippen LogP contribution >= 0.6 is 15.9 Å². The molecule has 0 atom stereocenters. The Balaban J connectivity index is 3.41. The average Bonchev–Trinajstić information content (AvgIpc) is 2.17. The zero-order valence-electron chi connectivity index (χ0n) is 10.8. The lowest BCUT2D eigenvalue weighted by atomic mass is 10.0. The fourth-order valence-electron chi connectivity index (χ4n) is 1.56. The van der Waals surface area contributed by atoms with Gasteiger partial charge < -0.3 is 5.73 Å². The zero-order chi connectivity index (χ0) is 15.0. The fraction of sp³-hybridized carbons (Fsp3) is 0.455. The van der Waals surface area contributed by atoms with Crippen molar-refractivity contribution in [2.75, 3.05) is 11.5 Å². The van der Waals surface area contributed by atoms with Gasteiger partial charge in [-0.3, -0.25) is 10.1 Å². The molecule has 0 aromatic heterocycles. The first-order valence-corrected chi connectivity index (χ1v) is 7.85. The fourth-order valence-corrected chi connectivity index (χ4v) is 4.06. The summed E-state index contributed by atoms with van der Waals surface area (Å²) in [4.78, 5) is 10.0. The van der Waals surface area contributed by atoms with E-state index in [1.807, 2.05) is 0 Å². The van der Waals surface area contributed by atoms with E-state index in [0.717, 1.165) is 6.07 Å². The summed E-state index contributed by atoms with van der Waals surface area (Å²) in [7, 11) is -3.60. The van der Waals surface area contributed by atoms with Gasteiger partial charge in [0.25, 0.3) is 5.69 Å². The van der Waals surface area contributed by atoms with Crippen LogP contribution in [0.2, 0.25) is 0 Å². The molecule has 0 aliphatic carbocycles. The van der Waals surface area contributed by atoms with Gasteiger partial charge in [-0.15, -0.1) is 0 Å². The second-order valence-electron chi connectivity index (χ2n) is 5.41. The number of hydrogen-bond acceptors (Lipinski definition) is 5. The number of nitrogen functional groups attached to an aromatic ring is 1. The minimum atomic E-state index is -3.60. The van der Waals surface area contributed by atoms with Crippen LogP contribution in [-0.4, -0.2) is 19.1 Å². The molecule has 0 saturated heterocycles. The number of sulfone groups is 1. The van der Waals surface area contributed by atoms with Crippen LogP contribution in [0.15, 0.2) is 21.5 Å². The van der Waals surface area contributed by atoms with Crippen LogP contribution in [0.3, 0.4) is 0 Å². The monoisotopic (exact) mass is 350 g/mol. The lowest BCUT2D eigenvalue weighted by Crippen LogP contribution is -2.21. The predicted octanol–water partition coefficient (Wildman–Crippen LogP) is 2.76. The summed E-state index contributed by atoms with van der Waals surface area (Å²) in [6.45, 7) is 5.35. The van der Waals surface area contributed by atoms with Crippen LogP contribution < -0.4 is 5.73 Å². The van der Waals surface area contributed by atoms with Crippen LogP contribution in [0.1, 0.15) is 20.8 Å². The highest BCUT2D eigenvalue weighted by Gasteiger charge is 2.27. The highest BCUT2D eigenvalue weighted by Crippen LogP contribution is 2.34. The third-order valence-electron chi connectivity index (χ3n) is 2.26. The molecule has 106 valence electrons. The number of nitro groups is 1. The Kier molecular flexibility index (Phi) is 4.26. The molecule has 0 aliphatic rings. The van der Waals surface area contributed by atoms with Crippen molar-refractivity contribution in [2.24, 2.45) is 5.41 Å². The van der Waals surface area contributed by atoms with Crippen LogP contribution in [0.25, 0.3) is 0 Å². The summed E-state index contributed by atoms with van der Waals surface area (Å²) in [6, 6.07) is 2.30. The predicted molar refractivity (Wildman–Crippen MR) is 76.7 cm³/mol. The highest BCUT2D eigenvalue weighted by atomic mass is 79.9. The van der Waals surface area contributed by atoms with Gasteiger partial charge in [0, 0.05) is 10.5 Å². The molecular formula is C11H15BrN2O4S. The Labute approximate surface area is 120 Å². The summed E-state index contributed by atoms with van der Waals surface area (Å²) >= 11 is 3.04. The van der Waals surface area contributed by atoms with E-state index >= 15 is 0 Å². The summed E-state index contributed by atoms with van der Waals surface area (Å²) in [5.41, 5.74) is 4.60. The molecule has 0 aliphatic heterocycles. The molecule has 2 N–H and O–H groups in total. The Morgan fingerprint density at radius 3 is 2.32 bits per heavy atom. The first-order chi connectivity index (χ1) is 8.44. The minimum absolute atomic E-state index is 0.0836. The number of halogens is 1. The molecule has 1 rings (SSSR count). The summed E-state index contributed by atoms with van der Waals surface area (Å²) in [5.74, 6) is -0.104. The van der Waals surface area contributed by atoms with E-state index < -0.39 is 25.9 Å². The molecular weight excluding hydrogens is 336 g/mol. The van der Waals surface area contributed by atoms with Crippen molar-refractivity contribution < 1.29 is 13.3 Å². The molecule has 0 radical (unpaired) electrons. The van der Waals surface area contributed by atoms with Crippen LogP contribution in [0, 0.1) is 15.5 Å². The first kappa shape index (κ1) is 15.9. The summed E-state index contributed by atoms with van der Waals surface area (Å²) in [5, 5.41) is 10.8. The molecule has 8 heteroatoms. The maximum absolute atomic E-state index is 12.2. The first-order valence-electron chi connectivity index (χ1n) is 5.40. The van der Waals surface area contributed by atoms with Gasteiger partial charge >= 0.3 is 0 Å². The number of nitrogens with two attached hydrogens (primary N) is 1. The van der Waals surface area contributed by atoms with Gasteiger partial charge in [0.15, 0.2) is 9.84 Å². The third-order valence-corrected chi connectivity index (χ3v) is 5.12. The topological polar surface area (TPSA) is 103 Å². The molecule has 0 bridgehead atoms. The van der Waals surface area contributed by atoms with Crippen molar-refractivity contribution in [3.63, 3.8) is 0 Å². The quantitative estimate of drug-likeness (QED) is 0.512. The molecule has 0 heterocycles. The zero-order valence-corrected chi connectivity index (χ0v) is 13.2. The lowest BCUT2D eigenvalue weighted by Gasteiger charge is -2.18. The van der Waals surface area contributed by atoms with Gasteiger partial charge in [-0.05, 0) is 27.4 Å². The Hall–Kier alpha value is -1.15. The second-order valence-corrected chi connectivity index (χ2v) is 8.26. The minimum Gasteiger partial charge on any atom is -0.392 e. The molecule has 0 saturated carbocycles. The number of nitrogens with zero attached hydrogens (tertiary/aromatic N) is 1. The number of rotatable bonds is 3. The van der Waals surface area contributed by atoms with Crippen LogP contribution in [0.5, 0.6) is 0 Å². The van der Waals surface area contributed by atoms with E-state index in [0.29, 0.717) is 0 Å². The maximum Gasteiger partial charge on any atom is 0.294 e. The molecule has 0 fully saturated rings. The molecule has 0 spiro atoms. The third kappa shape index (κ3) is 3.90. The Morgan fingerprint density at radius 2 is 1.89 bits per heavy atom. The van der Waals surface area contributed by atoms with E-state index in [1.165, 1.54) is 6.07 Å². The van der Waals surface area contributed by atoms with Crippen molar-refractivity contribution in [3.05, 3.63) is 26.7 Å². The van der Waals surface area contributed by atoms with E-state index in [4.69, 9.17) is 5.73 Å². The maximum atomic E-state index is 12.2. The van der Waals surface area contributed by atoms with Gasteiger partial charge in [-0.25, -0.2) is 8.42 Å². The van der Waals surface area contributed by atoms with Crippen molar-refractivity contribution in [1.82, 2.24) is 0 Å². The van der Waals surface area contributed by atoms with E-state index in [1.54, 1.807) is 20.8 Å². The van der Waals surface area contributed by atoms with Crippen molar-refractivity contribution >= 4 is 37.1 Å². The smallest absolute Gasteiger partial charge is 0.294 e. The van der Waals surface area contributed by atoms with Gasteiger partial charge in [0.1, 0.15) is 5.69 Å². The number of hydrogen-bond donors (Lipinski definition) is 1. The van der Waals surface area contributed by atoms with E-state index in [2.05, 4.69) is 15.9 Å². The SMILES string of the molecule is CC(C)(C)CS(=O)(=O)c1cc(Br)c(N)c([N+](=O)[O-])c1. The summed E-state index contributed by atoms with van der Waals surface area (Å²) < 4.78 is 24.6. The normalized spacial score (nSPS) is 12.4. The number of nitro benzene ring substituents is 1. The molecule has 0 amide bonds. The molecule has 1 aromatic carbocycles. The standard InChI is InChI=1S/C11H15BrN2O4S/c1-11(2,3)6-19(17,18)7-4-8(12)10(13)9(5-7)14(15)16/h4-5H,6,13H2,1-3H3. The average molecular weight is 351 g/mol. The van der Waals surface area contributed by atoms with Crippen LogP contribution in [0.4, 0.5) is 11.4 Å². The number of anilines is 1. The lowest BCUT2D eigenvalue weighted by molar-refractivity contribution is -0.384. The van der Waals surface area contributed by atoms with Crippen molar-refractivity contribution in [2.45, 2.75) is 25.7 Å². The van der Waals surface area contributed by atoms with Gasteiger partial charge in [0.2, 0.25) is 0 Å². The van der Waals surface area contributed by atoms with Gasteiger partial charge in [-0.1, -0.05) is 20.8 Å². The molecule has 19 heavy (non-hydrogen) atoms. The molecule has 6 nitrogen and oxygen atoms in total. The number of benzene rings is 1. The second kappa shape index (κ2) is 5.09. The van der Waals surface area contributed by atoms with Crippen molar-refractivity contribution in [3.8, 4) is 0 Å².